The predicted octanol–water partition coefficient (Wildman–Crippen LogP) is 2.81. The number of aliphatic hydroxyl groups is 1. The fourth-order valence-electron chi connectivity index (χ4n) is 2.41. The summed E-state index contributed by atoms with van der Waals surface area (Å²) >= 11 is 0. The van der Waals surface area contributed by atoms with E-state index in [0.29, 0.717) is 0 Å². The molecule has 2 aromatic heterocycles. The standard InChI is InChI=1S/C16H16N2O2/c1-11-5-4-8-18-14(10-19)15(17-16(11)18)12-6-3-7-13(9-12)20-2/h3-9,19H,10H2,1-2H3. The van der Waals surface area contributed by atoms with Gasteiger partial charge in [-0.2, -0.15) is 0 Å². The van der Waals surface area contributed by atoms with Crippen LogP contribution in [0.4, 0.5) is 0 Å². The number of rotatable bonds is 3. The molecule has 0 aliphatic rings. The minimum Gasteiger partial charge on any atom is -0.497 e. The third-order valence-electron chi connectivity index (χ3n) is 3.44. The van der Waals surface area contributed by atoms with E-state index in [1.807, 2.05) is 53.9 Å². The summed E-state index contributed by atoms with van der Waals surface area (Å²) in [7, 11) is 1.64. The molecule has 1 aromatic carbocycles. The van der Waals surface area contributed by atoms with Crippen molar-refractivity contribution in [3.05, 3.63) is 53.9 Å². The Morgan fingerprint density at radius 2 is 2.10 bits per heavy atom. The molecule has 0 atom stereocenters. The van der Waals surface area contributed by atoms with Crippen LogP contribution >= 0.6 is 0 Å². The number of benzene rings is 1. The largest absolute Gasteiger partial charge is 0.497 e. The summed E-state index contributed by atoms with van der Waals surface area (Å²) in [6.45, 7) is 1.95. The van der Waals surface area contributed by atoms with Gasteiger partial charge in [0.15, 0.2) is 0 Å². The van der Waals surface area contributed by atoms with Crippen LogP contribution in [0.2, 0.25) is 0 Å². The molecule has 3 rings (SSSR count). The van der Waals surface area contributed by atoms with Crippen molar-refractivity contribution in [2.45, 2.75) is 13.5 Å². The van der Waals surface area contributed by atoms with Gasteiger partial charge in [-0.25, -0.2) is 4.98 Å². The Hall–Kier alpha value is -2.33. The molecule has 3 aromatic rings. The minimum absolute atomic E-state index is 0.0584. The lowest BCUT2D eigenvalue weighted by Gasteiger charge is -2.04. The first-order valence-corrected chi connectivity index (χ1v) is 6.46. The van der Waals surface area contributed by atoms with Crippen LogP contribution in [-0.4, -0.2) is 21.6 Å². The lowest BCUT2D eigenvalue weighted by molar-refractivity contribution is 0.276. The Bertz CT molecular complexity index is 762. The van der Waals surface area contributed by atoms with Crippen LogP contribution in [0.1, 0.15) is 11.3 Å². The lowest BCUT2D eigenvalue weighted by Crippen LogP contribution is -1.94. The second kappa shape index (κ2) is 4.98. The molecule has 102 valence electrons. The van der Waals surface area contributed by atoms with Gasteiger partial charge in [-0.15, -0.1) is 0 Å². The van der Waals surface area contributed by atoms with Crippen molar-refractivity contribution in [3.8, 4) is 17.0 Å². The molecule has 0 saturated heterocycles. The lowest BCUT2D eigenvalue weighted by atomic mass is 10.1. The number of imidazole rings is 1. The number of ether oxygens (including phenoxy) is 1. The Morgan fingerprint density at radius 3 is 2.85 bits per heavy atom. The summed E-state index contributed by atoms with van der Waals surface area (Å²) in [5.41, 5.74) is 4.47. The molecule has 0 aliphatic carbocycles. The van der Waals surface area contributed by atoms with E-state index in [0.717, 1.165) is 33.9 Å². The van der Waals surface area contributed by atoms with Crippen LogP contribution in [0.5, 0.6) is 5.75 Å². The topological polar surface area (TPSA) is 46.8 Å². The maximum absolute atomic E-state index is 9.69. The number of fused-ring (bicyclic) bond motifs is 1. The van der Waals surface area contributed by atoms with Crippen LogP contribution in [0, 0.1) is 6.92 Å². The van der Waals surface area contributed by atoms with E-state index in [4.69, 9.17) is 4.74 Å². The van der Waals surface area contributed by atoms with E-state index in [1.165, 1.54) is 0 Å². The SMILES string of the molecule is COc1cccc(-c2nc3c(C)cccn3c2CO)c1. The number of aryl methyl sites for hydroxylation is 1. The smallest absolute Gasteiger partial charge is 0.140 e. The van der Waals surface area contributed by atoms with Gasteiger partial charge >= 0.3 is 0 Å². The highest BCUT2D eigenvalue weighted by molar-refractivity contribution is 5.69. The molecule has 0 saturated carbocycles. The van der Waals surface area contributed by atoms with E-state index in [1.54, 1.807) is 7.11 Å². The first-order chi connectivity index (χ1) is 9.74. The summed E-state index contributed by atoms with van der Waals surface area (Å²) in [5.74, 6) is 0.778. The summed E-state index contributed by atoms with van der Waals surface area (Å²) in [6, 6.07) is 11.7. The summed E-state index contributed by atoms with van der Waals surface area (Å²) in [4.78, 5) is 4.68. The fourth-order valence-corrected chi connectivity index (χ4v) is 2.41. The highest BCUT2D eigenvalue weighted by Gasteiger charge is 2.14. The number of methoxy groups -OCH3 is 1. The second-order valence-corrected chi connectivity index (χ2v) is 4.68. The van der Waals surface area contributed by atoms with Crippen molar-refractivity contribution < 1.29 is 9.84 Å². The minimum atomic E-state index is -0.0584. The van der Waals surface area contributed by atoms with Crippen molar-refractivity contribution in [2.24, 2.45) is 0 Å². The molecular weight excluding hydrogens is 252 g/mol. The quantitative estimate of drug-likeness (QED) is 0.794. The van der Waals surface area contributed by atoms with E-state index in [9.17, 15) is 5.11 Å². The number of aromatic nitrogens is 2. The summed E-state index contributed by atoms with van der Waals surface area (Å²) in [5, 5.41) is 9.69. The summed E-state index contributed by atoms with van der Waals surface area (Å²) in [6.07, 6.45) is 1.92. The fraction of sp³-hybridized carbons (Fsp3) is 0.188. The van der Waals surface area contributed by atoms with Crippen LogP contribution in [0.25, 0.3) is 16.9 Å². The van der Waals surface area contributed by atoms with Crippen LogP contribution in [0.3, 0.4) is 0 Å². The second-order valence-electron chi connectivity index (χ2n) is 4.68. The van der Waals surface area contributed by atoms with Gasteiger partial charge in [0.25, 0.3) is 0 Å². The molecule has 0 fully saturated rings. The van der Waals surface area contributed by atoms with Gasteiger partial charge in [0.1, 0.15) is 11.4 Å². The Kier molecular flexibility index (Phi) is 3.16. The number of aliphatic hydroxyl groups excluding tert-OH is 1. The van der Waals surface area contributed by atoms with Crippen LogP contribution < -0.4 is 4.74 Å². The van der Waals surface area contributed by atoms with E-state index in [2.05, 4.69) is 4.98 Å². The highest BCUT2D eigenvalue weighted by atomic mass is 16.5. The molecule has 0 spiro atoms. The first-order valence-electron chi connectivity index (χ1n) is 6.46. The van der Waals surface area contributed by atoms with E-state index in [-0.39, 0.29) is 6.61 Å². The van der Waals surface area contributed by atoms with Gasteiger partial charge in [-0.1, -0.05) is 18.2 Å². The molecular formula is C16H16N2O2. The number of pyridine rings is 1. The van der Waals surface area contributed by atoms with Gasteiger partial charge in [0.05, 0.1) is 25.1 Å². The Balaban J connectivity index is 2.27. The van der Waals surface area contributed by atoms with Crippen LogP contribution in [0.15, 0.2) is 42.6 Å². The Morgan fingerprint density at radius 1 is 1.25 bits per heavy atom. The van der Waals surface area contributed by atoms with Crippen molar-refractivity contribution in [2.75, 3.05) is 7.11 Å². The molecule has 2 heterocycles. The van der Waals surface area contributed by atoms with Gasteiger partial charge in [-0.05, 0) is 30.7 Å². The van der Waals surface area contributed by atoms with Crippen LogP contribution in [-0.2, 0) is 6.61 Å². The monoisotopic (exact) mass is 268 g/mol. The van der Waals surface area contributed by atoms with Gasteiger partial charge in [-0.3, -0.25) is 0 Å². The summed E-state index contributed by atoms with van der Waals surface area (Å²) < 4.78 is 7.19. The maximum atomic E-state index is 9.69. The van der Waals surface area contributed by atoms with E-state index < -0.39 is 0 Å². The molecule has 0 amide bonds. The molecule has 1 N–H and O–H groups in total. The zero-order chi connectivity index (χ0) is 14.1. The molecule has 0 unspecified atom stereocenters. The highest BCUT2D eigenvalue weighted by Crippen LogP contribution is 2.28. The zero-order valence-electron chi connectivity index (χ0n) is 11.5. The predicted molar refractivity (Wildman–Crippen MR) is 77.8 cm³/mol. The Labute approximate surface area is 117 Å². The molecule has 0 radical (unpaired) electrons. The average Bonchev–Trinajstić information content (AvgIpc) is 2.87. The molecule has 4 nitrogen and oxygen atoms in total. The normalized spacial score (nSPS) is 10.9. The number of nitrogens with zero attached hydrogens (tertiary/aromatic N) is 2. The average molecular weight is 268 g/mol. The molecule has 0 bridgehead atoms. The maximum Gasteiger partial charge on any atom is 0.140 e. The van der Waals surface area contributed by atoms with E-state index >= 15 is 0 Å². The van der Waals surface area contributed by atoms with Crippen molar-refractivity contribution in [1.82, 2.24) is 9.38 Å². The third-order valence-corrected chi connectivity index (χ3v) is 3.44. The van der Waals surface area contributed by atoms with Gasteiger partial charge in [0, 0.05) is 11.8 Å². The molecule has 0 aliphatic heterocycles. The molecule has 4 heteroatoms. The third kappa shape index (κ3) is 1.94. The number of hydrogen-bond acceptors (Lipinski definition) is 3. The zero-order valence-corrected chi connectivity index (χ0v) is 11.5. The van der Waals surface area contributed by atoms with Crippen molar-refractivity contribution in [1.29, 1.82) is 0 Å². The van der Waals surface area contributed by atoms with Crippen molar-refractivity contribution in [3.63, 3.8) is 0 Å². The first kappa shape index (κ1) is 12.7. The number of hydrogen-bond donors (Lipinski definition) is 1. The van der Waals surface area contributed by atoms with Gasteiger partial charge < -0.3 is 14.2 Å². The van der Waals surface area contributed by atoms with Gasteiger partial charge in [0.2, 0.25) is 0 Å². The van der Waals surface area contributed by atoms with Crippen molar-refractivity contribution >= 4 is 5.65 Å². The molecule has 20 heavy (non-hydrogen) atoms.